The normalized spacial score (nSPS) is 11.4. The lowest BCUT2D eigenvalue weighted by Gasteiger charge is -2.17. The first-order valence-corrected chi connectivity index (χ1v) is 19.0. The molecule has 5 heteroatoms. The highest BCUT2D eigenvalue weighted by atomic mass is 16.5. The number of hydrogen-bond acceptors (Lipinski definition) is 3. The van der Waals surface area contributed by atoms with Crippen molar-refractivity contribution in [3.05, 3.63) is 180 Å². The van der Waals surface area contributed by atoms with E-state index in [-0.39, 0.29) is 0 Å². The summed E-state index contributed by atoms with van der Waals surface area (Å²) in [5, 5.41) is 7.82. The van der Waals surface area contributed by atoms with E-state index in [1.807, 2.05) is 6.20 Å². The Hall–Kier alpha value is -6.72. The highest BCUT2D eigenvalue weighted by Gasteiger charge is 2.26. The summed E-state index contributed by atoms with van der Waals surface area (Å²) in [6, 6.07) is 51.1. The SMILES string of the molecule is CCc1ccnc(-n2c3ccccc3c3ccc(Oc4cc(C)cc(-n5nc(-c6ccccc6)c(-c6c(C)ccc(C)c6C)c5-c5ccccc5)c4)cc32)c1. The largest absolute Gasteiger partial charge is 0.457 e. The van der Waals surface area contributed by atoms with Gasteiger partial charge in [-0.15, -0.1) is 0 Å². The van der Waals surface area contributed by atoms with E-state index >= 15 is 0 Å². The quantitative estimate of drug-likeness (QED) is 0.157. The number of aromatic nitrogens is 4. The van der Waals surface area contributed by atoms with Crippen molar-refractivity contribution in [3.63, 3.8) is 0 Å². The molecule has 55 heavy (non-hydrogen) atoms. The summed E-state index contributed by atoms with van der Waals surface area (Å²) >= 11 is 0. The van der Waals surface area contributed by atoms with E-state index in [4.69, 9.17) is 14.8 Å². The molecular weight excluding hydrogens is 673 g/mol. The van der Waals surface area contributed by atoms with Crippen molar-refractivity contribution in [2.45, 2.75) is 41.0 Å². The van der Waals surface area contributed by atoms with Crippen LogP contribution in [0.25, 0.3) is 67.0 Å². The van der Waals surface area contributed by atoms with E-state index in [0.29, 0.717) is 0 Å². The number of hydrogen-bond donors (Lipinski definition) is 0. The van der Waals surface area contributed by atoms with Crippen LogP contribution in [-0.4, -0.2) is 19.3 Å². The van der Waals surface area contributed by atoms with E-state index in [0.717, 1.165) is 79.5 Å². The molecule has 0 spiro atoms. The minimum atomic E-state index is 0.739. The first-order chi connectivity index (χ1) is 26.9. The fourth-order valence-electron chi connectivity index (χ4n) is 7.95. The molecule has 6 aromatic carbocycles. The summed E-state index contributed by atoms with van der Waals surface area (Å²) in [7, 11) is 0. The average molecular weight is 715 g/mol. The lowest BCUT2D eigenvalue weighted by Crippen LogP contribution is -2.01. The number of ether oxygens (including phenoxy) is 1. The first kappa shape index (κ1) is 34.1. The molecule has 0 saturated carbocycles. The third kappa shape index (κ3) is 6.08. The predicted octanol–water partition coefficient (Wildman–Crippen LogP) is 13.0. The van der Waals surface area contributed by atoms with E-state index in [1.54, 1.807) is 0 Å². The number of benzene rings is 6. The number of nitrogens with zero attached hydrogens (tertiary/aromatic N) is 4. The molecule has 9 rings (SSSR count). The molecule has 268 valence electrons. The Morgan fingerprint density at radius 1 is 0.582 bits per heavy atom. The Morgan fingerprint density at radius 2 is 1.29 bits per heavy atom. The summed E-state index contributed by atoms with van der Waals surface area (Å²) in [6.45, 7) is 10.9. The van der Waals surface area contributed by atoms with Gasteiger partial charge in [-0.1, -0.05) is 97.9 Å². The van der Waals surface area contributed by atoms with Crippen molar-refractivity contribution >= 4 is 21.8 Å². The van der Waals surface area contributed by atoms with Gasteiger partial charge in [-0.2, -0.15) is 5.10 Å². The van der Waals surface area contributed by atoms with Crippen molar-refractivity contribution in [2.24, 2.45) is 0 Å². The van der Waals surface area contributed by atoms with Crippen LogP contribution in [0, 0.1) is 27.7 Å². The maximum absolute atomic E-state index is 6.79. The summed E-state index contributed by atoms with van der Waals surface area (Å²) in [5.41, 5.74) is 15.6. The summed E-state index contributed by atoms with van der Waals surface area (Å²) in [6.07, 6.45) is 2.84. The van der Waals surface area contributed by atoms with Crippen LogP contribution in [0.5, 0.6) is 11.5 Å². The van der Waals surface area contributed by atoms with Crippen LogP contribution >= 0.6 is 0 Å². The van der Waals surface area contributed by atoms with Crippen molar-refractivity contribution < 1.29 is 4.74 Å². The Kier molecular flexibility index (Phi) is 8.63. The molecule has 0 atom stereocenters. The van der Waals surface area contributed by atoms with Crippen molar-refractivity contribution in [1.29, 1.82) is 0 Å². The molecule has 0 fully saturated rings. The van der Waals surface area contributed by atoms with Crippen molar-refractivity contribution in [1.82, 2.24) is 19.3 Å². The monoisotopic (exact) mass is 714 g/mol. The maximum atomic E-state index is 6.79. The van der Waals surface area contributed by atoms with E-state index < -0.39 is 0 Å². The third-order valence-electron chi connectivity index (χ3n) is 10.8. The molecule has 0 N–H and O–H groups in total. The maximum Gasteiger partial charge on any atom is 0.137 e. The van der Waals surface area contributed by atoms with Gasteiger partial charge in [0.1, 0.15) is 23.0 Å². The zero-order valence-electron chi connectivity index (χ0n) is 31.8. The fourth-order valence-corrected chi connectivity index (χ4v) is 7.95. The van der Waals surface area contributed by atoms with E-state index in [2.05, 4.69) is 189 Å². The van der Waals surface area contributed by atoms with Crippen LogP contribution in [0.4, 0.5) is 0 Å². The Bertz CT molecular complexity index is 2870. The van der Waals surface area contributed by atoms with Crippen LogP contribution in [0.3, 0.4) is 0 Å². The molecule has 0 unspecified atom stereocenters. The first-order valence-electron chi connectivity index (χ1n) is 19.0. The molecule has 0 radical (unpaired) electrons. The van der Waals surface area contributed by atoms with Gasteiger partial charge in [0.05, 0.1) is 22.4 Å². The zero-order valence-corrected chi connectivity index (χ0v) is 31.8. The molecule has 0 amide bonds. The van der Waals surface area contributed by atoms with Gasteiger partial charge in [-0.25, -0.2) is 9.67 Å². The number of aryl methyl sites for hydroxylation is 4. The summed E-state index contributed by atoms with van der Waals surface area (Å²) in [4.78, 5) is 4.81. The van der Waals surface area contributed by atoms with Crippen molar-refractivity contribution in [2.75, 3.05) is 0 Å². The Balaban J connectivity index is 1.23. The predicted molar refractivity (Wildman–Crippen MR) is 227 cm³/mol. The summed E-state index contributed by atoms with van der Waals surface area (Å²) in [5.74, 6) is 2.39. The number of fused-ring (bicyclic) bond motifs is 3. The van der Waals surface area contributed by atoms with Gasteiger partial charge in [-0.05, 0) is 110 Å². The topological polar surface area (TPSA) is 44.9 Å². The molecule has 0 bridgehead atoms. The third-order valence-corrected chi connectivity index (χ3v) is 10.8. The molecule has 5 nitrogen and oxygen atoms in total. The zero-order chi connectivity index (χ0) is 37.6. The van der Waals surface area contributed by atoms with Gasteiger partial charge in [0.15, 0.2) is 0 Å². The average Bonchev–Trinajstić information content (AvgIpc) is 3.76. The molecule has 0 aliphatic heterocycles. The van der Waals surface area contributed by atoms with Crippen LogP contribution in [0.2, 0.25) is 0 Å². The van der Waals surface area contributed by atoms with Gasteiger partial charge < -0.3 is 4.74 Å². The fraction of sp³-hybridized carbons (Fsp3) is 0.120. The molecule has 3 heterocycles. The second kappa shape index (κ2) is 13.9. The van der Waals surface area contributed by atoms with E-state index in [1.165, 1.54) is 33.2 Å². The Labute approximate surface area is 322 Å². The standard InChI is InChI=1S/C50H42N4O/c1-6-36-25-26-51-46(29-36)53-44-20-14-13-19-42(44)43-24-23-40(31-45(43)53)55-41-28-32(2)27-39(30-41)54-50(38-17-11-8-12-18-38)48(47-34(4)22-21-33(3)35(47)5)49(52-54)37-15-9-7-10-16-37/h7-31H,6H2,1-5H3. The van der Waals surface area contributed by atoms with Gasteiger partial charge in [0.25, 0.3) is 0 Å². The molecule has 9 aromatic rings. The number of rotatable bonds is 8. The minimum absolute atomic E-state index is 0.739. The molecule has 0 aliphatic rings. The van der Waals surface area contributed by atoms with Gasteiger partial charge >= 0.3 is 0 Å². The van der Waals surface area contributed by atoms with Gasteiger partial charge in [-0.3, -0.25) is 4.57 Å². The molecular formula is C50H42N4O. The van der Waals surface area contributed by atoms with Gasteiger partial charge in [0.2, 0.25) is 0 Å². The highest BCUT2D eigenvalue weighted by Crippen LogP contribution is 2.45. The van der Waals surface area contributed by atoms with Gasteiger partial charge in [0, 0.05) is 45.8 Å². The van der Waals surface area contributed by atoms with Crippen LogP contribution in [0.1, 0.15) is 34.7 Å². The van der Waals surface area contributed by atoms with Crippen LogP contribution in [0.15, 0.2) is 152 Å². The number of para-hydroxylation sites is 1. The molecule has 3 aromatic heterocycles. The Morgan fingerprint density at radius 3 is 2.07 bits per heavy atom. The van der Waals surface area contributed by atoms with E-state index in [9.17, 15) is 0 Å². The molecule has 0 saturated heterocycles. The smallest absolute Gasteiger partial charge is 0.137 e. The lowest BCUT2D eigenvalue weighted by atomic mass is 9.88. The van der Waals surface area contributed by atoms with Crippen LogP contribution in [-0.2, 0) is 6.42 Å². The minimum Gasteiger partial charge on any atom is -0.457 e. The lowest BCUT2D eigenvalue weighted by molar-refractivity contribution is 0.482. The van der Waals surface area contributed by atoms with Crippen molar-refractivity contribution in [3.8, 4) is 56.6 Å². The second-order valence-electron chi connectivity index (χ2n) is 14.4. The molecule has 0 aliphatic carbocycles. The second-order valence-corrected chi connectivity index (χ2v) is 14.4. The van der Waals surface area contributed by atoms with Crippen LogP contribution < -0.4 is 4.74 Å². The number of pyridine rings is 1. The summed E-state index contributed by atoms with van der Waals surface area (Å²) < 4.78 is 11.2. The highest BCUT2D eigenvalue weighted by molar-refractivity contribution is 6.09.